The zero-order chi connectivity index (χ0) is 13.7. The van der Waals surface area contributed by atoms with E-state index in [2.05, 4.69) is 68.2 Å². The minimum atomic E-state index is 0.470. The molecule has 1 fully saturated rings. The Kier molecular flexibility index (Phi) is 5.35. The zero-order valence-corrected chi connectivity index (χ0v) is 13.3. The van der Waals surface area contributed by atoms with Crippen LogP contribution < -0.4 is 5.32 Å². The summed E-state index contributed by atoms with van der Waals surface area (Å²) in [5, 5.41) is 3.73. The van der Waals surface area contributed by atoms with E-state index in [9.17, 15) is 0 Å². The van der Waals surface area contributed by atoms with Gasteiger partial charge < -0.3 is 5.32 Å². The molecule has 19 heavy (non-hydrogen) atoms. The summed E-state index contributed by atoms with van der Waals surface area (Å²) in [6, 6.07) is 10.9. The molecule has 1 nitrogen and oxygen atoms in total. The highest BCUT2D eigenvalue weighted by atomic mass is 32.2. The summed E-state index contributed by atoms with van der Waals surface area (Å²) in [7, 11) is 0. The second-order valence-electron chi connectivity index (χ2n) is 6.29. The number of thioether (sulfide) groups is 1. The van der Waals surface area contributed by atoms with Gasteiger partial charge in [0.15, 0.2) is 0 Å². The first-order chi connectivity index (χ1) is 9.11. The molecule has 1 saturated heterocycles. The van der Waals surface area contributed by atoms with Crippen LogP contribution in [0.3, 0.4) is 0 Å². The molecule has 0 amide bonds. The molecule has 2 atom stereocenters. The van der Waals surface area contributed by atoms with Crippen molar-refractivity contribution in [2.75, 3.05) is 18.8 Å². The highest BCUT2D eigenvalue weighted by molar-refractivity contribution is 8.00. The van der Waals surface area contributed by atoms with Crippen molar-refractivity contribution in [1.82, 2.24) is 5.32 Å². The minimum Gasteiger partial charge on any atom is -0.315 e. The predicted octanol–water partition coefficient (Wildman–Crippen LogP) is 4.30. The topological polar surface area (TPSA) is 12.0 Å². The molecule has 2 heteroatoms. The van der Waals surface area contributed by atoms with Crippen LogP contribution in [0.15, 0.2) is 30.3 Å². The molecule has 1 aromatic rings. The predicted molar refractivity (Wildman–Crippen MR) is 87.0 cm³/mol. The van der Waals surface area contributed by atoms with Gasteiger partial charge in [0, 0.05) is 17.8 Å². The molecule has 1 aliphatic heterocycles. The third-order valence-corrected chi connectivity index (χ3v) is 5.73. The Morgan fingerprint density at radius 1 is 1.26 bits per heavy atom. The van der Waals surface area contributed by atoms with E-state index >= 15 is 0 Å². The van der Waals surface area contributed by atoms with Gasteiger partial charge in [0.25, 0.3) is 0 Å². The van der Waals surface area contributed by atoms with Crippen molar-refractivity contribution in [2.45, 2.75) is 44.3 Å². The van der Waals surface area contributed by atoms with E-state index in [0.29, 0.717) is 16.6 Å². The largest absolute Gasteiger partial charge is 0.315 e. The maximum Gasteiger partial charge on any atom is 0.0256 e. The molecular weight excluding hydrogens is 250 g/mol. The second kappa shape index (κ2) is 6.81. The van der Waals surface area contributed by atoms with Crippen LogP contribution in [0.25, 0.3) is 0 Å². The molecule has 0 spiro atoms. The zero-order valence-electron chi connectivity index (χ0n) is 12.5. The summed E-state index contributed by atoms with van der Waals surface area (Å²) in [4.78, 5) is 0. The van der Waals surface area contributed by atoms with E-state index in [1.54, 1.807) is 0 Å². The van der Waals surface area contributed by atoms with E-state index in [-0.39, 0.29) is 0 Å². The van der Waals surface area contributed by atoms with Crippen LogP contribution in [0.1, 0.15) is 45.1 Å². The Morgan fingerprint density at radius 3 is 2.58 bits per heavy atom. The highest BCUT2D eigenvalue weighted by Gasteiger charge is 2.29. The molecule has 0 bridgehead atoms. The molecule has 1 N–H and O–H groups in total. The molecule has 0 aliphatic carbocycles. The lowest BCUT2D eigenvalue weighted by atomic mass is 9.88. The third-order valence-electron chi connectivity index (χ3n) is 4.20. The van der Waals surface area contributed by atoms with Gasteiger partial charge in [-0.25, -0.2) is 0 Å². The summed E-state index contributed by atoms with van der Waals surface area (Å²) in [6.07, 6.45) is 2.75. The number of hydrogen-bond acceptors (Lipinski definition) is 2. The Morgan fingerprint density at radius 2 is 2.00 bits per heavy atom. The Labute approximate surface area is 122 Å². The first-order valence-corrected chi connectivity index (χ1v) is 8.49. The van der Waals surface area contributed by atoms with E-state index < -0.39 is 0 Å². The number of nitrogens with one attached hydrogen (secondary N) is 1. The number of benzene rings is 1. The van der Waals surface area contributed by atoms with Gasteiger partial charge >= 0.3 is 0 Å². The average molecular weight is 277 g/mol. The average Bonchev–Trinajstić information content (AvgIpc) is 2.82. The fourth-order valence-electron chi connectivity index (χ4n) is 2.91. The van der Waals surface area contributed by atoms with Crippen molar-refractivity contribution in [3.05, 3.63) is 35.9 Å². The molecule has 1 heterocycles. The lowest BCUT2D eigenvalue weighted by molar-refractivity contribution is 0.441. The smallest absolute Gasteiger partial charge is 0.0256 e. The van der Waals surface area contributed by atoms with Crippen molar-refractivity contribution in [1.29, 1.82) is 0 Å². The molecule has 2 unspecified atom stereocenters. The highest BCUT2D eigenvalue weighted by Crippen LogP contribution is 2.37. The Balaban J connectivity index is 1.88. The van der Waals surface area contributed by atoms with Gasteiger partial charge in [-0.15, -0.1) is 0 Å². The second-order valence-corrected chi connectivity index (χ2v) is 7.98. The van der Waals surface area contributed by atoms with E-state index in [1.165, 1.54) is 24.2 Å². The third kappa shape index (κ3) is 4.25. The van der Waals surface area contributed by atoms with Crippen LogP contribution in [0.5, 0.6) is 0 Å². The lowest BCUT2D eigenvalue weighted by Crippen LogP contribution is -2.36. The fourth-order valence-corrected chi connectivity index (χ4v) is 4.18. The number of hydrogen-bond donors (Lipinski definition) is 1. The SMILES string of the molecule is CC(C)C(CNCC1(C)CCCS1)c1ccccc1. The van der Waals surface area contributed by atoms with Crippen LogP contribution >= 0.6 is 11.8 Å². The van der Waals surface area contributed by atoms with Crippen molar-refractivity contribution >= 4 is 11.8 Å². The van der Waals surface area contributed by atoms with Crippen molar-refractivity contribution < 1.29 is 0 Å². The Hall–Kier alpha value is -0.470. The standard InChI is InChI=1S/C17H27NS/c1-14(2)16(15-8-5-4-6-9-15)12-18-13-17(3)10-7-11-19-17/h4-6,8-9,14,16,18H,7,10-13H2,1-3H3. The van der Waals surface area contributed by atoms with E-state index in [1.807, 2.05) is 0 Å². The van der Waals surface area contributed by atoms with E-state index in [0.717, 1.165) is 13.1 Å². The first-order valence-electron chi connectivity index (χ1n) is 7.50. The van der Waals surface area contributed by atoms with Crippen LogP contribution in [0.2, 0.25) is 0 Å². The van der Waals surface area contributed by atoms with Gasteiger partial charge in [-0.05, 0) is 42.9 Å². The van der Waals surface area contributed by atoms with Crippen molar-refractivity contribution in [3.8, 4) is 0 Å². The van der Waals surface area contributed by atoms with Crippen molar-refractivity contribution in [2.24, 2.45) is 5.92 Å². The summed E-state index contributed by atoms with van der Waals surface area (Å²) in [6.45, 7) is 9.30. The minimum absolute atomic E-state index is 0.470. The van der Waals surface area contributed by atoms with Gasteiger partial charge in [0.1, 0.15) is 0 Å². The van der Waals surface area contributed by atoms with Gasteiger partial charge in [-0.3, -0.25) is 0 Å². The Bertz CT molecular complexity index is 368. The number of rotatable bonds is 6. The van der Waals surface area contributed by atoms with E-state index in [4.69, 9.17) is 0 Å². The molecular formula is C17H27NS. The maximum absolute atomic E-state index is 3.73. The van der Waals surface area contributed by atoms with Gasteiger partial charge in [0.05, 0.1) is 0 Å². The molecule has 106 valence electrons. The normalized spacial score (nSPS) is 24.8. The van der Waals surface area contributed by atoms with Crippen LogP contribution in [-0.4, -0.2) is 23.6 Å². The summed E-state index contributed by atoms with van der Waals surface area (Å²) < 4.78 is 0.470. The van der Waals surface area contributed by atoms with Gasteiger partial charge in [0.2, 0.25) is 0 Å². The van der Waals surface area contributed by atoms with Crippen LogP contribution in [0, 0.1) is 5.92 Å². The van der Waals surface area contributed by atoms with Gasteiger partial charge in [-0.1, -0.05) is 44.2 Å². The maximum atomic E-state index is 3.73. The van der Waals surface area contributed by atoms with Gasteiger partial charge in [-0.2, -0.15) is 11.8 Å². The monoisotopic (exact) mass is 277 g/mol. The quantitative estimate of drug-likeness (QED) is 0.832. The van der Waals surface area contributed by atoms with Crippen LogP contribution in [-0.2, 0) is 0 Å². The molecule has 1 aromatic carbocycles. The molecule has 0 saturated carbocycles. The first kappa shape index (κ1) is 14.9. The summed E-state index contributed by atoms with van der Waals surface area (Å²) in [5.74, 6) is 2.64. The lowest BCUT2D eigenvalue weighted by Gasteiger charge is -2.27. The summed E-state index contributed by atoms with van der Waals surface area (Å²) >= 11 is 2.14. The fraction of sp³-hybridized carbons (Fsp3) is 0.647. The van der Waals surface area contributed by atoms with Crippen molar-refractivity contribution in [3.63, 3.8) is 0 Å². The molecule has 0 aromatic heterocycles. The van der Waals surface area contributed by atoms with Crippen LogP contribution in [0.4, 0.5) is 0 Å². The molecule has 0 radical (unpaired) electrons. The molecule has 2 rings (SSSR count). The summed E-state index contributed by atoms with van der Waals surface area (Å²) in [5.41, 5.74) is 1.47. The molecule has 1 aliphatic rings.